The van der Waals surface area contributed by atoms with Gasteiger partial charge in [-0.05, 0) is 42.0 Å². The molecule has 0 fully saturated rings. The lowest BCUT2D eigenvalue weighted by atomic mass is 10.1. The van der Waals surface area contributed by atoms with Gasteiger partial charge in [0.25, 0.3) is 5.91 Å². The molecule has 2 aromatic carbocycles. The van der Waals surface area contributed by atoms with Crippen molar-refractivity contribution in [1.82, 2.24) is 15.2 Å². The molecular weight excluding hydrogens is 384 g/mol. The van der Waals surface area contributed by atoms with E-state index in [9.17, 15) is 9.90 Å². The van der Waals surface area contributed by atoms with Crippen LogP contribution in [0.25, 0.3) is 0 Å². The van der Waals surface area contributed by atoms with Crippen molar-refractivity contribution in [2.24, 2.45) is 5.10 Å². The minimum atomic E-state index is -0.326. The standard InChI is InChI=1S/C18H15BrN4O2/c19-16-5-6-17(24)15(10-16)11-20-22-18(25)14-4-1-3-13(9-14)12-23-8-2-7-21-23/h1-11,24H,12H2,(H,22,25)/b20-11+. The lowest BCUT2D eigenvalue weighted by molar-refractivity contribution is 0.0955. The lowest BCUT2D eigenvalue weighted by Crippen LogP contribution is -2.18. The first kappa shape index (κ1) is 16.9. The van der Waals surface area contributed by atoms with Crippen molar-refractivity contribution < 1.29 is 9.90 Å². The van der Waals surface area contributed by atoms with Crippen molar-refractivity contribution in [3.8, 4) is 5.75 Å². The highest BCUT2D eigenvalue weighted by molar-refractivity contribution is 9.10. The van der Waals surface area contributed by atoms with Crippen LogP contribution in [0.3, 0.4) is 0 Å². The van der Waals surface area contributed by atoms with Gasteiger partial charge in [0.15, 0.2) is 0 Å². The summed E-state index contributed by atoms with van der Waals surface area (Å²) in [5, 5.41) is 17.8. The third-order valence-electron chi connectivity index (χ3n) is 3.45. The molecule has 2 N–H and O–H groups in total. The van der Waals surface area contributed by atoms with Crippen LogP contribution < -0.4 is 5.43 Å². The van der Waals surface area contributed by atoms with E-state index >= 15 is 0 Å². The number of hydrogen-bond donors (Lipinski definition) is 2. The first-order chi connectivity index (χ1) is 12.1. The molecule has 0 saturated carbocycles. The van der Waals surface area contributed by atoms with E-state index in [0.717, 1.165) is 10.0 Å². The van der Waals surface area contributed by atoms with Gasteiger partial charge in [-0.15, -0.1) is 0 Å². The topological polar surface area (TPSA) is 79.5 Å². The Bertz CT molecular complexity index is 907. The monoisotopic (exact) mass is 398 g/mol. The Balaban J connectivity index is 1.67. The minimum absolute atomic E-state index is 0.0856. The van der Waals surface area contributed by atoms with Gasteiger partial charge in [0, 0.05) is 28.0 Å². The van der Waals surface area contributed by atoms with Gasteiger partial charge >= 0.3 is 0 Å². The number of aromatic hydroxyl groups is 1. The van der Waals surface area contributed by atoms with E-state index in [4.69, 9.17) is 0 Å². The van der Waals surface area contributed by atoms with Crippen molar-refractivity contribution in [2.45, 2.75) is 6.54 Å². The Morgan fingerprint density at radius 3 is 2.96 bits per heavy atom. The summed E-state index contributed by atoms with van der Waals surface area (Å²) in [5.41, 5.74) is 4.43. The SMILES string of the molecule is O=C(N/N=C/c1cc(Br)ccc1O)c1cccc(Cn2cccn2)c1. The summed E-state index contributed by atoms with van der Waals surface area (Å²) in [5.74, 6) is -0.240. The Hall–Kier alpha value is -2.93. The van der Waals surface area contributed by atoms with Crippen LogP contribution in [0.5, 0.6) is 5.75 Å². The summed E-state index contributed by atoms with van der Waals surface area (Å²) in [6.45, 7) is 0.587. The smallest absolute Gasteiger partial charge is 0.271 e. The van der Waals surface area contributed by atoms with E-state index in [-0.39, 0.29) is 11.7 Å². The highest BCUT2D eigenvalue weighted by Gasteiger charge is 2.06. The van der Waals surface area contributed by atoms with E-state index in [1.807, 2.05) is 24.4 Å². The average Bonchev–Trinajstić information content (AvgIpc) is 3.11. The maximum atomic E-state index is 12.2. The zero-order valence-electron chi connectivity index (χ0n) is 13.1. The molecule has 0 unspecified atom stereocenters. The number of aromatic nitrogens is 2. The molecule has 0 saturated heterocycles. The highest BCUT2D eigenvalue weighted by Crippen LogP contribution is 2.19. The van der Waals surface area contributed by atoms with E-state index in [1.165, 1.54) is 6.21 Å². The van der Waals surface area contributed by atoms with Crippen molar-refractivity contribution in [3.63, 3.8) is 0 Å². The number of phenolic OH excluding ortho intramolecular Hbond substituents is 1. The zero-order valence-corrected chi connectivity index (χ0v) is 14.7. The molecular formula is C18H15BrN4O2. The zero-order chi connectivity index (χ0) is 17.6. The second-order valence-electron chi connectivity index (χ2n) is 5.31. The van der Waals surface area contributed by atoms with Crippen LogP contribution in [-0.4, -0.2) is 27.0 Å². The molecule has 1 amide bonds. The normalized spacial score (nSPS) is 10.9. The van der Waals surface area contributed by atoms with Gasteiger partial charge in [-0.2, -0.15) is 10.2 Å². The number of amides is 1. The Labute approximate surface area is 152 Å². The number of rotatable bonds is 5. The molecule has 0 radical (unpaired) electrons. The van der Waals surface area contributed by atoms with Crippen LogP contribution in [0.4, 0.5) is 0 Å². The van der Waals surface area contributed by atoms with E-state index in [1.54, 1.807) is 41.2 Å². The molecule has 25 heavy (non-hydrogen) atoms. The van der Waals surface area contributed by atoms with Crippen LogP contribution in [0.2, 0.25) is 0 Å². The molecule has 7 heteroatoms. The van der Waals surface area contributed by atoms with Gasteiger partial charge in [-0.25, -0.2) is 5.43 Å². The maximum Gasteiger partial charge on any atom is 0.271 e. The molecule has 126 valence electrons. The number of nitrogens with zero attached hydrogens (tertiary/aromatic N) is 3. The van der Waals surface area contributed by atoms with Crippen molar-refractivity contribution in [3.05, 3.63) is 82.1 Å². The van der Waals surface area contributed by atoms with Crippen molar-refractivity contribution in [1.29, 1.82) is 0 Å². The highest BCUT2D eigenvalue weighted by atomic mass is 79.9. The van der Waals surface area contributed by atoms with Crippen molar-refractivity contribution in [2.75, 3.05) is 0 Å². The maximum absolute atomic E-state index is 12.2. The van der Waals surface area contributed by atoms with Gasteiger partial charge < -0.3 is 5.11 Å². The molecule has 0 spiro atoms. The molecule has 3 aromatic rings. The number of benzene rings is 2. The number of nitrogens with one attached hydrogen (secondary N) is 1. The molecule has 0 aliphatic carbocycles. The van der Waals surface area contributed by atoms with E-state index < -0.39 is 0 Å². The largest absolute Gasteiger partial charge is 0.507 e. The molecule has 0 aliphatic heterocycles. The van der Waals surface area contributed by atoms with E-state index in [2.05, 4.69) is 31.6 Å². The van der Waals surface area contributed by atoms with Crippen molar-refractivity contribution >= 4 is 28.1 Å². The van der Waals surface area contributed by atoms with Gasteiger partial charge in [0.2, 0.25) is 0 Å². The summed E-state index contributed by atoms with van der Waals surface area (Å²) >= 11 is 3.32. The predicted molar refractivity (Wildman–Crippen MR) is 98.6 cm³/mol. The molecule has 3 rings (SSSR count). The fraction of sp³-hybridized carbons (Fsp3) is 0.0556. The molecule has 0 bridgehead atoms. The molecule has 1 aromatic heterocycles. The lowest BCUT2D eigenvalue weighted by Gasteiger charge is -2.05. The number of halogens is 1. The second kappa shape index (κ2) is 7.76. The molecule has 1 heterocycles. The first-order valence-electron chi connectivity index (χ1n) is 7.50. The summed E-state index contributed by atoms with van der Waals surface area (Å²) in [7, 11) is 0. The summed E-state index contributed by atoms with van der Waals surface area (Å²) in [4.78, 5) is 12.2. The first-order valence-corrected chi connectivity index (χ1v) is 8.29. The second-order valence-corrected chi connectivity index (χ2v) is 6.22. The molecule has 0 aliphatic rings. The number of hydrazone groups is 1. The van der Waals surface area contributed by atoms with Gasteiger partial charge in [0.05, 0.1) is 12.8 Å². The minimum Gasteiger partial charge on any atom is -0.507 e. The van der Waals surface area contributed by atoms with Crippen LogP contribution >= 0.6 is 15.9 Å². The fourth-order valence-electron chi connectivity index (χ4n) is 2.25. The van der Waals surface area contributed by atoms with Crippen LogP contribution in [0.1, 0.15) is 21.5 Å². The number of phenols is 1. The number of carbonyl (C=O) groups is 1. The third-order valence-corrected chi connectivity index (χ3v) is 3.95. The molecule has 0 atom stereocenters. The van der Waals surface area contributed by atoms with Gasteiger partial charge in [-0.3, -0.25) is 9.48 Å². The third kappa shape index (κ3) is 4.54. The quantitative estimate of drug-likeness (QED) is 0.511. The Kier molecular flexibility index (Phi) is 5.25. The predicted octanol–water partition coefficient (Wildman–Crippen LogP) is 3.16. The van der Waals surface area contributed by atoms with Gasteiger partial charge in [0.1, 0.15) is 5.75 Å². The Morgan fingerprint density at radius 1 is 1.28 bits per heavy atom. The van der Waals surface area contributed by atoms with Gasteiger partial charge in [-0.1, -0.05) is 28.1 Å². The van der Waals surface area contributed by atoms with Crippen LogP contribution in [-0.2, 0) is 6.54 Å². The number of hydrogen-bond acceptors (Lipinski definition) is 4. The fourth-order valence-corrected chi connectivity index (χ4v) is 2.62. The average molecular weight is 399 g/mol. The summed E-state index contributed by atoms with van der Waals surface area (Å²) in [6.07, 6.45) is 4.97. The summed E-state index contributed by atoms with van der Waals surface area (Å²) in [6, 6.07) is 14.1. The van der Waals surface area contributed by atoms with Crippen LogP contribution in [0.15, 0.2) is 70.5 Å². The molecule has 6 nitrogen and oxygen atoms in total. The van der Waals surface area contributed by atoms with Crippen LogP contribution in [0, 0.1) is 0 Å². The van der Waals surface area contributed by atoms with E-state index in [0.29, 0.717) is 17.7 Å². The summed E-state index contributed by atoms with van der Waals surface area (Å²) < 4.78 is 2.59. The Morgan fingerprint density at radius 2 is 2.16 bits per heavy atom. The number of carbonyl (C=O) groups excluding carboxylic acids is 1.